The smallest absolute Gasteiger partial charge is 0.133 e. The Morgan fingerprint density at radius 2 is 2.00 bits per heavy atom. The zero-order chi connectivity index (χ0) is 8.69. The van der Waals surface area contributed by atoms with Crippen molar-refractivity contribution in [2.75, 3.05) is 6.61 Å². The summed E-state index contributed by atoms with van der Waals surface area (Å²) in [6.45, 7) is 5.73. The van der Waals surface area contributed by atoms with E-state index in [9.17, 15) is 4.79 Å². The van der Waals surface area contributed by atoms with Crippen molar-refractivity contribution in [3.8, 4) is 0 Å². The third-order valence-electron chi connectivity index (χ3n) is 1.44. The Hall–Kier alpha value is -0.630. The minimum Gasteiger partial charge on any atom is -0.396 e. The molecule has 0 spiro atoms. The van der Waals surface area contributed by atoms with Crippen LogP contribution in [-0.4, -0.2) is 17.5 Å². The van der Waals surface area contributed by atoms with Crippen LogP contribution in [0.2, 0.25) is 0 Å². The molecule has 64 valence electrons. The number of aliphatic hydroxyl groups is 1. The summed E-state index contributed by atoms with van der Waals surface area (Å²) in [5, 5.41) is 8.42. The first kappa shape index (κ1) is 10.4. The van der Waals surface area contributed by atoms with Crippen LogP contribution in [0.25, 0.3) is 0 Å². The molecule has 0 saturated carbocycles. The summed E-state index contributed by atoms with van der Waals surface area (Å²) in [5.74, 6) is 0.224. The molecule has 0 aliphatic carbocycles. The van der Waals surface area contributed by atoms with Gasteiger partial charge in [0.2, 0.25) is 0 Å². The van der Waals surface area contributed by atoms with Gasteiger partial charge in [0.25, 0.3) is 0 Å². The molecule has 0 heterocycles. The molecule has 1 N–H and O–H groups in total. The van der Waals surface area contributed by atoms with Crippen LogP contribution in [0.1, 0.15) is 32.6 Å². The molecule has 11 heavy (non-hydrogen) atoms. The second kappa shape index (κ2) is 6.10. The van der Waals surface area contributed by atoms with E-state index in [0.717, 1.165) is 12.0 Å². The molecule has 2 heteroatoms. The van der Waals surface area contributed by atoms with Gasteiger partial charge in [-0.15, -0.1) is 6.58 Å². The van der Waals surface area contributed by atoms with Crippen LogP contribution in [0.3, 0.4) is 0 Å². The standard InChI is InChI=1S/C9H16O2/c1-8(2)5-6-9(11)4-3-7-10/h10H,1,3-7H2,2H3. The van der Waals surface area contributed by atoms with Crippen LogP contribution in [0.15, 0.2) is 12.2 Å². The molecule has 0 amide bonds. The summed E-state index contributed by atoms with van der Waals surface area (Å²) in [4.78, 5) is 11.0. The SMILES string of the molecule is C=C(C)CCC(=O)CCCO. The number of carbonyl (C=O) groups is 1. The molecule has 0 atom stereocenters. The summed E-state index contributed by atoms with van der Waals surface area (Å²) < 4.78 is 0. The fourth-order valence-corrected chi connectivity index (χ4v) is 0.754. The van der Waals surface area contributed by atoms with Crippen LogP contribution in [0.5, 0.6) is 0 Å². The number of hydrogen-bond donors (Lipinski definition) is 1. The van der Waals surface area contributed by atoms with Crippen molar-refractivity contribution >= 4 is 5.78 Å². The van der Waals surface area contributed by atoms with Gasteiger partial charge in [-0.2, -0.15) is 0 Å². The van der Waals surface area contributed by atoms with Gasteiger partial charge in [0.1, 0.15) is 5.78 Å². The Morgan fingerprint density at radius 1 is 1.36 bits per heavy atom. The van der Waals surface area contributed by atoms with Gasteiger partial charge in [0.05, 0.1) is 0 Å². The molecule has 0 radical (unpaired) electrons. The molecule has 0 aromatic heterocycles. The molecule has 0 aromatic rings. The van der Waals surface area contributed by atoms with Gasteiger partial charge >= 0.3 is 0 Å². The number of aliphatic hydroxyl groups excluding tert-OH is 1. The van der Waals surface area contributed by atoms with Gasteiger partial charge in [-0.05, 0) is 19.8 Å². The van der Waals surface area contributed by atoms with E-state index in [2.05, 4.69) is 6.58 Å². The van der Waals surface area contributed by atoms with E-state index in [0.29, 0.717) is 19.3 Å². The lowest BCUT2D eigenvalue weighted by atomic mass is 10.1. The molecule has 0 saturated heterocycles. The third-order valence-corrected chi connectivity index (χ3v) is 1.44. The van der Waals surface area contributed by atoms with Crippen molar-refractivity contribution in [2.45, 2.75) is 32.6 Å². The van der Waals surface area contributed by atoms with E-state index in [4.69, 9.17) is 5.11 Å². The topological polar surface area (TPSA) is 37.3 Å². The maximum atomic E-state index is 11.0. The summed E-state index contributed by atoms with van der Waals surface area (Å²) >= 11 is 0. The van der Waals surface area contributed by atoms with Crippen LogP contribution in [0, 0.1) is 0 Å². The van der Waals surface area contributed by atoms with Crippen molar-refractivity contribution in [3.05, 3.63) is 12.2 Å². The molecule has 0 fully saturated rings. The lowest BCUT2D eigenvalue weighted by Gasteiger charge is -1.98. The van der Waals surface area contributed by atoms with Crippen LogP contribution >= 0.6 is 0 Å². The van der Waals surface area contributed by atoms with Crippen molar-refractivity contribution < 1.29 is 9.90 Å². The molecule has 0 bridgehead atoms. The first-order valence-corrected chi connectivity index (χ1v) is 3.93. The number of carbonyl (C=O) groups excluding carboxylic acids is 1. The molecule has 2 nitrogen and oxygen atoms in total. The van der Waals surface area contributed by atoms with Crippen LogP contribution < -0.4 is 0 Å². The first-order valence-electron chi connectivity index (χ1n) is 3.93. The second-order valence-electron chi connectivity index (χ2n) is 2.82. The van der Waals surface area contributed by atoms with Crippen molar-refractivity contribution in [3.63, 3.8) is 0 Å². The number of Topliss-reactive ketones (excluding diaryl/α,β-unsaturated/α-hetero) is 1. The van der Waals surface area contributed by atoms with Gasteiger partial charge in [0.15, 0.2) is 0 Å². The zero-order valence-electron chi connectivity index (χ0n) is 7.10. The van der Waals surface area contributed by atoms with E-state index < -0.39 is 0 Å². The van der Waals surface area contributed by atoms with Gasteiger partial charge in [-0.3, -0.25) is 4.79 Å². The molecule has 0 rings (SSSR count). The lowest BCUT2D eigenvalue weighted by molar-refractivity contribution is -0.119. The van der Waals surface area contributed by atoms with Crippen LogP contribution in [-0.2, 0) is 4.79 Å². The van der Waals surface area contributed by atoms with Gasteiger partial charge in [-0.25, -0.2) is 0 Å². The Morgan fingerprint density at radius 3 is 2.45 bits per heavy atom. The predicted molar refractivity (Wildman–Crippen MR) is 45.4 cm³/mol. The highest BCUT2D eigenvalue weighted by Gasteiger charge is 2.00. The Bertz CT molecular complexity index is 138. The Kier molecular flexibility index (Phi) is 5.75. The van der Waals surface area contributed by atoms with E-state index in [1.54, 1.807) is 0 Å². The first-order chi connectivity index (χ1) is 5.16. The number of rotatable bonds is 6. The van der Waals surface area contributed by atoms with E-state index in [-0.39, 0.29) is 12.4 Å². The summed E-state index contributed by atoms with van der Waals surface area (Å²) in [5.41, 5.74) is 1.04. The Labute approximate surface area is 67.9 Å². The quantitative estimate of drug-likeness (QED) is 0.594. The van der Waals surface area contributed by atoms with Crippen molar-refractivity contribution in [2.24, 2.45) is 0 Å². The second-order valence-corrected chi connectivity index (χ2v) is 2.82. The molecular formula is C9H16O2. The van der Waals surface area contributed by atoms with Gasteiger partial charge in [-0.1, -0.05) is 5.57 Å². The highest BCUT2D eigenvalue weighted by molar-refractivity contribution is 5.78. The van der Waals surface area contributed by atoms with Gasteiger partial charge < -0.3 is 5.11 Å². The maximum absolute atomic E-state index is 11.0. The number of allylic oxidation sites excluding steroid dienone is 1. The van der Waals surface area contributed by atoms with E-state index >= 15 is 0 Å². The number of ketones is 1. The number of hydrogen-bond acceptors (Lipinski definition) is 2. The minimum absolute atomic E-state index is 0.110. The molecule has 0 unspecified atom stereocenters. The molecule has 0 aliphatic heterocycles. The van der Waals surface area contributed by atoms with Crippen molar-refractivity contribution in [1.29, 1.82) is 0 Å². The van der Waals surface area contributed by atoms with E-state index in [1.165, 1.54) is 0 Å². The normalized spacial score (nSPS) is 9.64. The monoisotopic (exact) mass is 156 g/mol. The highest BCUT2D eigenvalue weighted by atomic mass is 16.3. The molecule has 0 aromatic carbocycles. The fourth-order valence-electron chi connectivity index (χ4n) is 0.754. The maximum Gasteiger partial charge on any atom is 0.133 e. The Balaban J connectivity index is 3.30. The fraction of sp³-hybridized carbons (Fsp3) is 0.667. The molecule has 0 aliphatic rings. The van der Waals surface area contributed by atoms with Gasteiger partial charge in [0, 0.05) is 19.4 Å². The average Bonchev–Trinajstić information content (AvgIpc) is 1.97. The van der Waals surface area contributed by atoms with E-state index in [1.807, 2.05) is 6.92 Å². The largest absolute Gasteiger partial charge is 0.396 e. The predicted octanol–water partition coefficient (Wildman–Crippen LogP) is 1.68. The summed E-state index contributed by atoms with van der Waals surface area (Å²) in [6.07, 6.45) is 2.46. The molecular weight excluding hydrogens is 140 g/mol. The lowest BCUT2D eigenvalue weighted by Crippen LogP contribution is -1.99. The van der Waals surface area contributed by atoms with Crippen LogP contribution in [0.4, 0.5) is 0 Å². The zero-order valence-corrected chi connectivity index (χ0v) is 7.10. The third kappa shape index (κ3) is 7.26. The summed E-state index contributed by atoms with van der Waals surface area (Å²) in [6, 6.07) is 0. The summed E-state index contributed by atoms with van der Waals surface area (Å²) in [7, 11) is 0. The minimum atomic E-state index is 0.110. The average molecular weight is 156 g/mol. The van der Waals surface area contributed by atoms with Crippen molar-refractivity contribution in [1.82, 2.24) is 0 Å². The highest BCUT2D eigenvalue weighted by Crippen LogP contribution is 2.03.